The lowest BCUT2D eigenvalue weighted by atomic mass is 9.75. The maximum atomic E-state index is 11.7. The van der Waals surface area contributed by atoms with Gasteiger partial charge in [-0.3, -0.25) is 4.79 Å². The van der Waals surface area contributed by atoms with Gasteiger partial charge in [-0.05, 0) is 86.1 Å². The first-order valence-electron chi connectivity index (χ1n) is 15.9. The van der Waals surface area contributed by atoms with Crippen molar-refractivity contribution >= 4 is 11.9 Å². The fraction of sp³-hybridized carbons (Fsp3) is 0.500. The molecule has 0 saturated heterocycles. The number of Topliss-reactive ketones (excluding diaryl/α,β-unsaturated/α-hetero) is 1. The summed E-state index contributed by atoms with van der Waals surface area (Å²) in [6.45, 7) is 17.0. The highest BCUT2D eigenvalue weighted by molar-refractivity contribution is 6.02. The van der Waals surface area contributed by atoms with Crippen molar-refractivity contribution in [2.45, 2.75) is 106 Å². The summed E-state index contributed by atoms with van der Waals surface area (Å²) in [5.41, 5.74) is 7.12. The number of dihydropyridines is 1. The first kappa shape index (κ1) is 33.3. The largest absolute Gasteiger partial charge is 0.378 e. The van der Waals surface area contributed by atoms with Gasteiger partial charge in [0.15, 0.2) is 5.78 Å². The standard InChI is InChI=1S/C18H28.C16H15NO.2C2H6.H2/c1-14(2)18-12-10-17(11-13-18)9-8-16-6-4-15(3)5-7-16;1-11-4-2-6-15(17-11)13-8-9-14-12(10-13)5-3-7-16(14)18;2*1-2;/h4-7,14,17-18H,8-13H2,1-3H3;2-6,8-10,15,17H,7H2,1H3;2*1-2H3;1H. The molecule has 5 rings (SSSR count). The van der Waals surface area contributed by atoms with Crippen LogP contribution < -0.4 is 5.32 Å². The Bertz CT molecular complexity index is 1120. The van der Waals surface area contributed by atoms with Crippen molar-refractivity contribution in [2.24, 2.45) is 17.8 Å². The zero-order chi connectivity index (χ0) is 29.5. The van der Waals surface area contributed by atoms with Gasteiger partial charge in [0.1, 0.15) is 0 Å². The molecule has 3 aliphatic rings. The molecule has 0 spiro atoms. The van der Waals surface area contributed by atoms with E-state index in [9.17, 15) is 4.79 Å². The summed E-state index contributed by atoms with van der Waals surface area (Å²) in [6.07, 6.45) is 19.3. The minimum atomic E-state index is 0. The van der Waals surface area contributed by atoms with Crippen LogP contribution in [0.25, 0.3) is 6.08 Å². The molecule has 0 amide bonds. The summed E-state index contributed by atoms with van der Waals surface area (Å²) < 4.78 is 0. The zero-order valence-electron chi connectivity index (χ0n) is 26.6. The molecule has 0 radical (unpaired) electrons. The van der Waals surface area contributed by atoms with Crippen LogP contribution in [0.3, 0.4) is 0 Å². The lowest BCUT2D eigenvalue weighted by Gasteiger charge is -2.30. The minimum absolute atomic E-state index is 0. The summed E-state index contributed by atoms with van der Waals surface area (Å²) in [5.74, 6) is 3.09. The van der Waals surface area contributed by atoms with Crippen LogP contribution in [0.4, 0.5) is 0 Å². The van der Waals surface area contributed by atoms with Gasteiger partial charge in [-0.25, -0.2) is 0 Å². The normalized spacial score (nSPS) is 20.9. The number of benzene rings is 2. The number of allylic oxidation sites excluding steroid dienone is 4. The van der Waals surface area contributed by atoms with Crippen LogP contribution in [-0.2, 0) is 6.42 Å². The van der Waals surface area contributed by atoms with Crippen LogP contribution in [-0.4, -0.2) is 5.78 Å². The minimum Gasteiger partial charge on any atom is -0.378 e. The number of carbonyl (C=O) groups is 1. The molecular weight excluding hydrogens is 486 g/mol. The fourth-order valence-corrected chi connectivity index (χ4v) is 5.69. The van der Waals surface area contributed by atoms with Crippen LogP contribution in [0.2, 0.25) is 0 Å². The van der Waals surface area contributed by atoms with E-state index in [1.807, 2.05) is 52.0 Å². The van der Waals surface area contributed by atoms with Crippen molar-refractivity contribution in [2.75, 3.05) is 0 Å². The Morgan fingerprint density at radius 1 is 0.925 bits per heavy atom. The van der Waals surface area contributed by atoms with Crippen molar-refractivity contribution in [3.05, 3.63) is 100 Å². The fourth-order valence-electron chi connectivity index (χ4n) is 5.69. The molecule has 0 bridgehead atoms. The Kier molecular flexibility index (Phi) is 14.8. The molecule has 1 fully saturated rings. The Labute approximate surface area is 247 Å². The second kappa shape index (κ2) is 17.7. The van der Waals surface area contributed by atoms with Gasteiger partial charge in [0, 0.05) is 19.1 Å². The molecule has 2 aromatic carbocycles. The maximum absolute atomic E-state index is 11.7. The van der Waals surface area contributed by atoms with Gasteiger partial charge >= 0.3 is 0 Å². The van der Waals surface area contributed by atoms with E-state index in [0.29, 0.717) is 6.42 Å². The van der Waals surface area contributed by atoms with Gasteiger partial charge in [-0.1, -0.05) is 121 Å². The number of carbonyl (C=O) groups excluding carboxylic acids is 1. The van der Waals surface area contributed by atoms with E-state index in [-0.39, 0.29) is 13.3 Å². The lowest BCUT2D eigenvalue weighted by Crippen LogP contribution is -2.20. The molecule has 1 atom stereocenters. The number of ketones is 1. The average Bonchev–Trinajstić information content (AvgIpc) is 2.99. The van der Waals surface area contributed by atoms with E-state index in [2.05, 4.69) is 81.6 Å². The quantitative estimate of drug-likeness (QED) is 0.406. The van der Waals surface area contributed by atoms with Crippen LogP contribution >= 0.6 is 0 Å². The maximum Gasteiger partial charge on any atom is 0.167 e. The molecule has 2 heteroatoms. The molecule has 2 nitrogen and oxygen atoms in total. The van der Waals surface area contributed by atoms with Gasteiger partial charge < -0.3 is 5.32 Å². The molecule has 40 heavy (non-hydrogen) atoms. The molecule has 2 aromatic rings. The lowest BCUT2D eigenvalue weighted by molar-refractivity contribution is 0.0994. The third-order valence-corrected chi connectivity index (χ3v) is 8.16. The van der Waals surface area contributed by atoms with Crippen LogP contribution in [0.1, 0.15) is 127 Å². The van der Waals surface area contributed by atoms with Crippen LogP contribution in [0, 0.1) is 24.7 Å². The molecule has 1 aliphatic heterocycles. The number of hydrogen-bond donors (Lipinski definition) is 1. The Morgan fingerprint density at radius 3 is 2.23 bits per heavy atom. The number of rotatable bonds is 5. The molecule has 1 unspecified atom stereocenters. The SMILES string of the molecule is CC.CC.CC1=CC=CC(c2ccc3c(c2)C=CCC3=O)N1.Cc1ccc(CCC2CCC(C(C)C)CC2)cc1.[HH]. The van der Waals surface area contributed by atoms with Crippen molar-refractivity contribution < 1.29 is 6.22 Å². The van der Waals surface area contributed by atoms with Crippen LogP contribution in [0.5, 0.6) is 0 Å². The predicted molar refractivity (Wildman–Crippen MR) is 178 cm³/mol. The topological polar surface area (TPSA) is 29.1 Å². The zero-order valence-corrected chi connectivity index (χ0v) is 26.6. The van der Waals surface area contributed by atoms with Crippen molar-refractivity contribution in [3.8, 4) is 0 Å². The smallest absolute Gasteiger partial charge is 0.167 e. The number of nitrogens with one attached hydrogen (secondary N) is 1. The molecular formula is C38H57NO. The summed E-state index contributed by atoms with van der Waals surface area (Å²) in [6, 6.07) is 15.4. The third kappa shape index (κ3) is 10.3. The molecule has 2 aliphatic carbocycles. The summed E-state index contributed by atoms with van der Waals surface area (Å²) in [7, 11) is 0. The first-order valence-corrected chi connectivity index (χ1v) is 15.9. The highest BCUT2D eigenvalue weighted by Crippen LogP contribution is 2.35. The van der Waals surface area contributed by atoms with E-state index < -0.39 is 0 Å². The molecule has 1 N–H and O–H groups in total. The van der Waals surface area contributed by atoms with Crippen molar-refractivity contribution in [1.82, 2.24) is 5.32 Å². The van der Waals surface area contributed by atoms with Crippen molar-refractivity contribution in [1.29, 1.82) is 0 Å². The van der Waals surface area contributed by atoms with Gasteiger partial charge in [0.05, 0.1) is 6.04 Å². The highest BCUT2D eigenvalue weighted by Gasteiger charge is 2.23. The number of hydrogen-bond acceptors (Lipinski definition) is 2. The highest BCUT2D eigenvalue weighted by atomic mass is 16.1. The number of fused-ring (bicyclic) bond motifs is 1. The number of aryl methyl sites for hydroxylation is 2. The second-order valence-corrected chi connectivity index (χ2v) is 11.3. The average molecular weight is 544 g/mol. The van der Waals surface area contributed by atoms with Gasteiger partial charge in [0.25, 0.3) is 0 Å². The van der Waals surface area contributed by atoms with Gasteiger partial charge in [-0.2, -0.15) is 0 Å². The van der Waals surface area contributed by atoms with E-state index in [4.69, 9.17) is 0 Å². The third-order valence-electron chi connectivity index (χ3n) is 8.16. The monoisotopic (exact) mass is 543 g/mol. The van der Waals surface area contributed by atoms with E-state index >= 15 is 0 Å². The van der Waals surface area contributed by atoms with Crippen molar-refractivity contribution in [3.63, 3.8) is 0 Å². The predicted octanol–water partition coefficient (Wildman–Crippen LogP) is 11.1. The Balaban J connectivity index is 0.000000358. The summed E-state index contributed by atoms with van der Waals surface area (Å²) >= 11 is 0. The first-order chi connectivity index (χ1) is 19.4. The Hall–Kier alpha value is -2.87. The van der Waals surface area contributed by atoms with E-state index in [1.54, 1.807) is 0 Å². The molecule has 1 heterocycles. The van der Waals surface area contributed by atoms with Crippen LogP contribution in [0.15, 0.2) is 72.5 Å². The van der Waals surface area contributed by atoms with E-state index in [1.165, 1.54) is 55.2 Å². The van der Waals surface area contributed by atoms with Gasteiger partial charge in [-0.15, -0.1) is 0 Å². The molecule has 220 valence electrons. The molecule has 0 aromatic heterocycles. The molecule has 1 saturated carbocycles. The van der Waals surface area contributed by atoms with Gasteiger partial charge in [0.2, 0.25) is 0 Å². The summed E-state index contributed by atoms with van der Waals surface area (Å²) in [4.78, 5) is 11.7. The second-order valence-electron chi connectivity index (χ2n) is 11.3. The Morgan fingerprint density at radius 2 is 1.60 bits per heavy atom. The summed E-state index contributed by atoms with van der Waals surface area (Å²) in [5, 5.41) is 3.42. The van der Waals surface area contributed by atoms with E-state index in [0.717, 1.165) is 34.6 Å².